The van der Waals surface area contributed by atoms with Crippen LogP contribution in [0.3, 0.4) is 0 Å². The van der Waals surface area contributed by atoms with Gasteiger partial charge in [0.05, 0.1) is 12.7 Å². The summed E-state index contributed by atoms with van der Waals surface area (Å²) < 4.78 is 12.2. The smallest absolute Gasteiger partial charge is 0.196 e. The third-order valence-corrected chi connectivity index (χ3v) is 1.65. The zero-order chi connectivity index (χ0) is 7.40. The van der Waals surface area contributed by atoms with Gasteiger partial charge in [0.1, 0.15) is 5.01 Å². The molecule has 56 valence electrons. The van der Waals surface area contributed by atoms with Gasteiger partial charge in [-0.3, -0.25) is 0 Å². The van der Waals surface area contributed by atoms with E-state index in [1.165, 1.54) is 6.20 Å². The van der Waals surface area contributed by atoms with Gasteiger partial charge < -0.3 is 5.43 Å². The molecule has 1 heterocycles. The minimum Gasteiger partial charge on any atom is -0.304 e. The van der Waals surface area contributed by atoms with Gasteiger partial charge in [-0.05, 0) is 0 Å². The lowest BCUT2D eigenvalue weighted by Gasteiger charge is -1.91. The van der Waals surface area contributed by atoms with Gasteiger partial charge in [0.15, 0.2) is 5.13 Å². The van der Waals surface area contributed by atoms with E-state index in [-0.39, 0.29) is 6.56 Å². The Morgan fingerprint density at radius 1 is 2.00 bits per heavy atom. The summed E-state index contributed by atoms with van der Waals surface area (Å²) in [6.07, 6.45) is 1.19. The van der Waals surface area contributed by atoms with Crippen LogP contribution in [-0.2, 0) is 6.54 Å². The van der Waals surface area contributed by atoms with E-state index in [9.17, 15) is 4.39 Å². The minimum atomic E-state index is -0.277. The number of nitrogens with zero attached hydrogens (tertiary/aromatic N) is 2. The van der Waals surface area contributed by atoms with Crippen LogP contribution in [0.15, 0.2) is 11.3 Å². The van der Waals surface area contributed by atoms with E-state index in [0.29, 0.717) is 11.6 Å². The molecule has 0 unspecified atom stereocenters. The van der Waals surface area contributed by atoms with Crippen LogP contribution < -0.4 is 5.43 Å². The average molecular weight is 161 g/mol. The van der Waals surface area contributed by atoms with Gasteiger partial charge in [-0.15, -0.1) is 0 Å². The van der Waals surface area contributed by atoms with Gasteiger partial charge in [-0.1, -0.05) is 11.3 Å². The second kappa shape index (κ2) is 3.26. The van der Waals surface area contributed by atoms with Crippen molar-refractivity contribution in [3.05, 3.63) is 16.3 Å². The fourth-order valence-electron chi connectivity index (χ4n) is 0.493. The second-order valence-corrected chi connectivity index (χ2v) is 2.62. The lowest BCUT2D eigenvalue weighted by Crippen LogP contribution is -2.02. The zero-order valence-electron chi connectivity index (χ0n) is 5.17. The van der Waals surface area contributed by atoms with Crippen molar-refractivity contribution in [1.29, 1.82) is 0 Å². The number of hydrogen-bond donors (Lipinski definition) is 1. The van der Waals surface area contributed by atoms with Gasteiger partial charge >= 0.3 is 0 Å². The quantitative estimate of drug-likeness (QED) is 0.535. The molecule has 0 saturated carbocycles. The molecule has 0 aromatic carbocycles. The lowest BCUT2D eigenvalue weighted by molar-refractivity contribution is 0.653. The summed E-state index contributed by atoms with van der Waals surface area (Å²) in [5.41, 5.74) is 2.57. The Morgan fingerprint density at radius 3 is 3.30 bits per heavy atom. The third kappa shape index (κ3) is 1.77. The summed E-state index contributed by atoms with van der Waals surface area (Å²) in [5, 5.41) is 3.78. The molecule has 1 rings (SSSR count). The standard InChI is InChI=1S/C5H6FN3S.H2/c1-7-9-3-5-8-2-4(6)10-5;/h2,9H,1,3H2;1H. The summed E-state index contributed by atoms with van der Waals surface area (Å²) in [6.45, 7) is 3.65. The monoisotopic (exact) mass is 161 g/mol. The van der Waals surface area contributed by atoms with Crippen molar-refractivity contribution in [2.45, 2.75) is 6.54 Å². The van der Waals surface area contributed by atoms with Crippen molar-refractivity contribution in [2.75, 3.05) is 0 Å². The molecule has 0 fully saturated rings. The molecule has 10 heavy (non-hydrogen) atoms. The minimum absolute atomic E-state index is 0. The predicted octanol–water partition coefficient (Wildman–Crippen LogP) is 1.23. The molecule has 1 aromatic rings. The Kier molecular flexibility index (Phi) is 2.33. The maximum Gasteiger partial charge on any atom is 0.196 e. The summed E-state index contributed by atoms with van der Waals surface area (Å²) >= 11 is 1.000. The highest BCUT2D eigenvalue weighted by molar-refractivity contribution is 7.09. The number of aromatic nitrogens is 1. The Balaban J connectivity index is 0.000001000. The highest BCUT2D eigenvalue weighted by Crippen LogP contribution is 2.09. The first-order valence-electron chi connectivity index (χ1n) is 2.61. The normalized spacial score (nSPS) is 9.30. The number of hydrogen-bond acceptors (Lipinski definition) is 4. The Labute approximate surface area is 63.1 Å². The molecule has 0 spiro atoms. The van der Waals surface area contributed by atoms with Crippen LogP contribution >= 0.6 is 11.3 Å². The van der Waals surface area contributed by atoms with E-state index in [1.807, 2.05) is 0 Å². The first-order chi connectivity index (χ1) is 4.83. The Morgan fingerprint density at radius 2 is 2.80 bits per heavy atom. The van der Waals surface area contributed by atoms with Crippen LogP contribution in [-0.4, -0.2) is 11.7 Å². The van der Waals surface area contributed by atoms with Crippen molar-refractivity contribution in [3.63, 3.8) is 0 Å². The van der Waals surface area contributed by atoms with Crippen LogP contribution in [0.1, 0.15) is 6.43 Å². The van der Waals surface area contributed by atoms with Crippen molar-refractivity contribution in [1.82, 2.24) is 10.4 Å². The van der Waals surface area contributed by atoms with Gasteiger partial charge in [0.2, 0.25) is 0 Å². The highest BCUT2D eigenvalue weighted by atomic mass is 32.1. The molecular weight excluding hydrogens is 153 g/mol. The molecule has 0 aliphatic heterocycles. The van der Waals surface area contributed by atoms with Crippen LogP contribution in [0, 0.1) is 5.13 Å². The maximum atomic E-state index is 12.2. The molecule has 1 aromatic heterocycles. The number of nitrogens with one attached hydrogen (secondary N) is 1. The first kappa shape index (κ1) is 7.14. The fourth-order valence-corrected chi connectivity index (χ4v) is 1.07. The molecular formula is C5H8FN3S. The number of thiazole rings is 1. The molecule has 0 atom stereocenters. The van der Waals surface area contributed by atoms with Crippen molar-refractivity contribution in [2.24, 2.45) is 5.10 Å². The van der Waals surface area contributed by atoms with E-state index < -0.39 is 0 Å². The molecule has 0 aliphatic rings. The van der Waals surface area contributed by atoms with Gasteiger partial charge in [-0.25, -0.2) is 4.98 Å². The van der Waals surface area contributed by atoms with Crippen molar-refractivity contribution >= 4 is 18.1 Å². The fraction of sp³-hybridized carbons (Fsp3) is 0.200. The topological polar surface area (TPSA) is 37.3 Å². The van der Waals surface area contributed by atoms with Gasteiger partial charge in [-0.2, -0.15) is 9.49 Å². The van der Waals surface area contributed by atoms with E-state index in [1.54, 1.807) is 0 Å². The number of halogens is 1. The molecule has 0 saturated heterocycles. The van der Waals surface area contributed by atoms with E-state index in [4.69, 9.17) is 0 Å². The van der Waals surface area contributed by atoms with Gasteiger partial charge in [0, 0.05) is 8.14 Å². The van der Waals surface area contributed by atoms with Crippen molar-refractivity contribution < 1.29 is 5.82 Å². The largest absolute Gasteiger partial charge is 0.304 e. The molecule has 0 bridgehead atoms. The molecule has 0 amide bonds. The van der Waals surface area contributed by atoms with E-state index in [2.05, 4.69) is 22.2 Å². The zero-order valence-corrected chi connectivity index (χ0v) is 5.99. The molecule has 3 nitrogen and oxygen atoms in total. The number of rotatable bonds is 3. The molecule has 0 radical (unpaired) electrons. The second-order valence-electron chi connectivity index (χ2n) is 1.55. The summed E-state index contributed by atoms with van der Waals surface area (Å²) in [4.78, 5) is 3.75. The summed E-state index contributed by atoms with van der Waals surface area (Å²) in [5.74, 6) is 0. The summed E-state index contributed by atoms with van der Waals surface area (Å²) in [7, 11) is 0. The van der Waals surface area contributed by atoms with E-state index in [0.717, 1.165) is 11.3 Å². The maximum absolute atomic E-state index is 12.2. The molecule has 0 aliphatic carbocycles. The van der Waals surface area contributed by atoms with Crippen LogP contribution in [0.2, 0.25) is 0 Å². The van der Waals surface area contributed by atoms with Crippen LogP contribution in [0.25, 0.3) is 0 Å². The number of hydrazone groups is 1. The lowest BCUT2D eigenvalue weighted by atomic mass is 10.7. The van der Waals surface area contributed by atoms with Gasteiger partial charge in [0.25, 0.3) is 0 Å². The Bertz CT molecular complexity index is 227. The third-order valence-electron chi connectivity index (χ3n) is 0.867. The predicted molar refractivity (Wildman–Crippen MR) is 40.6 cm³/mol. The van der Waals surface area contributed by atoms with Crippen molar-refractivity contribution in [3.8, 4) is 0 Å². The first-order valence-corrected chi connectivity index (χ1v) is 3.43. The van der Waals surface area contributed by atoms with E-state index >= 15 is 0 Å². The van der Waals surface area contributed by atoms with Crippen LogP contribution in [0.5, 0.6) is 0 Å². The molecule has 5 heteroatoms. The highest BCUT2D eigenvalue weighted by Gasteiger charge is 1.97. The Hall–Kier alpha value is -0.970. The average Bonchev–Trinajstić information content (AvgIpc) is 2.31. The summed E-state index contributed by atoms with van der Waals surface area (Å²) in [6, 6.07) is 0. The SMILES string of the molecule is C=NNCc1ncc(F)s1.[HH]. The van der Waals surface area contributed by atoms with Crippen LogP contribution in [0.4, 0.5) is 4.39 Å². The molecule has 1 N–H and O–H groups in total.